The molecule has 0 amide bonds. The van der Waals surface area contributed by atoms with Crippen molar-refractivity contribution in [1.82, 2.24) is 0 Å². The van der Waals surface area contributed by atoms with Crippen LogP contribution in [0.5, 0.6) is 5.75 Å². The number of ether oxygens (including phenoxy) is 1. The molecule has 0 heterocycles. The number of nitrogens with zero attached hydrogens (tertiary/aromatic N) is 1. The van der Waals surface area contributed by atoms with Crippen molar-refractivity contribution in [3.05, 3.63) is 29.3 Å². The van der Waals surface area contributed by atoms with E-state index in [1.807, 2.05) is 32.9 Å². The summed E-state index contributed by atoms with van der Waals surface area (Å²) in [6, 6.07) is 6.04. The van der Waals surface area contributed by atoms with Gasteiger partial charge in [0.15, 0.2) is 0 Å². The van der Waals surface area contributed by atoms with Crippen LogP contribution in [0.15, 0.2) is 23.2 Å². The van der Waals surface area contributed by atoms with Crippen LogP contribution in [0.1, 0.15) is 25.0 Å². The lowest BCUT2D eigenvalue weighted by Crippen LogP contribution is -2.06. The highest BCUT2D eigenvalue weighted by Crippen LogP contribution is 2.20. The SMILES string of the molecule is Cc1cc(CCN=C=O)ccc1OC(C)C. The van der Waals surface area contributed by atoms with Gasteiger partial charge in [-0.3, -0.25) is 0 Å². The van der Waals surface area contributed by atoms with Crippen LogP contribution in [0.2, 0.25) is 0 Å². The summed E-state index contributed by atoms with van der Waals surface area (Å²) in [4.78, 5) is 13.5. The summed E-state index contributed by atoms with van der Waals surface area (Å²) >= 11 is 0. The second-order valence-corrected chi connectivity index (χ2v) is 3.99. The maximum Gasteiger partial charge on any atom is 0.234 e. The normalized spacial score (nSPS) is 10.0. The van der Waals surface area contributed by atoms with Gasteiger partial charge in [0.2, 0.25) is 6.08 Å². The minimum absolute atomic E-state index is 0.184. The van der Waals surface area contributed by atoms with Gasteiger partial charge in [0.25, 0.3) is 0 Å². The van der Waals surface area contributed by atoms with Crippen molar-refractivity contribution < 1.29 is 9.53 Å². The minimum Gasteiger partial charge on any atom is -0.491 e. The smallest absolute Gasteiger partial charge is 0.234 e. The third-order valence-electron chi connectivity index (χ3n) is 2.18. The molecule has 0 aromatic heterocycles. The fraction of sp³-hybridized carbons (Fsp3) is 0.462. The van der Waals surface area contributed by atoms with Gasteiger partial charge < -0.3 is 4.74 Å². The van der Waals surface area contributed by atoms with Crippen molar-refractivity contribution in [3.63, 3.8) is 0 Å². The number of aliphatic imine (C=N–C) groups is 1. The summed E-state index contributed by atoms with van der Waals surface area (Å²) in [6.45, 7) is 6.52. The van der Waals surface area contributed by atoms with Crippen molar-refractivity contribution in [2.75, 3.05) is 6.54 Å². The Bertz CT molecular complexity index is 393. The molecule has 3 nitrogen and oxygen atoms in total. The molecule has 0 unspecified atom stereocenters. The Kier molecular flexibility index (Phi) is 4.74. The van der Waals surface area contributed by atoms with Crippen molar-refractivity contribution in [2.24, 2.45) is 4.99 Å². The molecule has 0 saturated heterocycles. The number of isocyanates is 1. The Balaban J connectivity index is 2.70. The number of carbonyl (C=O) groups excluding carboxylic acids is 1. The summed E-state index contributed by atoms with van der Waals surface area (Å²) < 4.78 is 5.64. The van der Waals surface area contributed by atoms with Crippen LogP contribution >= 0.6 is 0 Å². The first-order chi connectivity index (χ1) is 7.63. The number of rotatable bonds is 5. The molecule has 86 valence electrons. The Morgan fingerprint density at radius 3 is 2.75 bits per heavy atom. The van der Waals surface area contributed by atoms with E-state index in [0.29, 0.717) is 6.54 Å². The number of benzene rings is 1. The van der Waals surface area contributed by atoms with Crippen LogP contribution in [0.4, 0.5) is 0 Å². The molecule has 0 aliphatic heterocycles. The number of hydrogen-bond donors (Lipinski definition) is 0. The van der Waals surface area contributed by atoms with E-state index in [4.69, 9.17) is 4.74 Å². The average Bonchev–Trinajstić information content (AvgIpc) is 2.22. The van der Waals surface area contributed by atoms with Gasteiger partial charge in [0.05, 0.1) is 12.6 Å². The molecule has 0 radical (unpaired) electrons. The monoisotopic (exact) mass is 219 g/mol. The van der Waals surface area contributed by atoms with Gasteiger partial charge in [-0.15, -0.1) is 0 Å². The summed E-state index contributed by atoms with van der Waals surface area (Å²) in [7, 11) is 0. The molecular weight excluding hydrogens is 202 g/mol. The zero-order valence-corrected chi connectivity index (χ0v) is 9.99. The minimum atomic E-state index is 0.184. The first kappa shape index (κ1) is 12.5. The molecule has 0 fully saturated rings. The largest absolute Gasteiger partial charge is 0.491 e. The van der Waals surface area contributed by atoms with Gasteiger partial charge in [-0.1, -0.05) is 12.1 Å². The summed E-state index contributed by atoms with van der Waals surface area (Å²) in [5, 5.41) is 0. The third kappa shape index (κ3) is 3.87. The lowest BCUT2D eigenvalue weighted by atomic mass is 10.1. The van der Waals surface area contributed by atoms with E-state index in [1.165, 1.54) is 0 Å². The van der Waals surface area contributed by atoms with E-state index >= 15 is 0 Å². The van der Waals surface area contributed by atoms with E-state index in [1.54, 1.807) is 6.08 Å². The molecule has 0 aliphatic rings. The molecule has 1 aromatic rings. The molecule has 1 rings (SSSR count). The summed E-state index contributed by atoms with van der Waals surface area (Å²) in [5.41, 5.74) is 2.27. The Morgan fingerprint density at radius 2 is 2.19 bits per heavy atom. The average molecular weight is 219 g/mol. The highest BCUT2D eigenvalue weighted by Gasteiger charge is 2.03. The zero-order valence-electron chi connectivity index (χ0n) is 9.99. The van der Waals surface area contributed by atoms with Crippen LogP contribution < -0.4 is 4.74 Å². The van der Waals surface area contributed by atoms with E-state index in [0.717, 1.165) is 23.3 Å². The molecule has 0 bridgehead atoms. The number of aryl methyl sites for hydroxylation is 1. The van der Waals surface area contributed by atoms with E-state index in [-0.39, 0.29) is 6.10 Å². The Morgan fingerprint density at radius 1 is 1.44 bits per heavy atom. The highest BCUT2D eigenvalue weighted by molar-refractivity contribution is 5.37. The van der Waals surface area contributed by atoms with Gasteiger partial charge in [-0.2, -0.15) is 0 Å². The fourth-order valence-electron chi connectivity index (χ4n) is 1.48. The molecule has 0 N–H and O–H groups in total. The zero-order chi connectivity index (χ0) is 12.0. The quantitative estimate of drug-likeness (QED) is 0.564. The van der Waals surface area contributed by atoms with Crippen molar-refractivity contribution in [1.29, 1.82) is 0 Å². The van der Waals surface area contributed by atoms with Crippen LogP contribution in [0, 0.1) is 6.92 Å². The van der Waals surface area contributed by atoms with Crippen LogP contribution in [-0.4, -0.2) is 18.7 Å². The highest BCUT2D eigenvalue weighted by atomic mass is 16.5. The molecular formula is C13H17NO2. The lowest BCUT2D eigenvalue weighted by molar-refractivity contribution is 0.240. The fourth-order valence-corrected chi connectivity index (χ4v) is 1.48. The number of hydrogen-bond acceptors (Lipinski definition) is 3. The molecule has 0 aliphatic carbocycles. The Labute approximate surface area is 96.2 Å². The predicted molar refractivity (Wildman–Crippen MR) is 63.6 cm³/mol. The Hall–Kier alpha value is -1.60. The standard InChI is InChI=1S/C13H17NO2/c1-10(2)16-13-5-4-12(8-11(13)3)6-7-14-9-15/h4-5,8,10H,6-7H2,1-3H3. The van der Waals surface area contributed by atoms with Crippen molar-refractivity contribution in [3.8, 4) is 5.75 Å². The molecule has 0 spiro atoms. The third-order valence-corrected chi connectivity index (χ3v) is 2.18. The first-order valence-corrected chi connectivity index (χ1v) is 5.43. The molecule has 16 heavy (non-hydrogen) atoms. The van der Waals surface area contributed by atoms with Crippen molar-refractivity contribution >= 4 is 6.08 Å². The topological polar surface area (TPSA) is 38.7 Å². The second kappa shape index (κ2) is 6.09. The van der Waals surface area contributed by atoms with Crippen LogP contribution in [0.25, 0.3) is 0 Å². The molecule has 0 saturated carbocycles. The molecule has 0 atom stereocenters. The first-order valence-electron chi connectivity index (χ1n) is 5.43. The van der Waals surface area contributed by atoms with Crippen LogP contribution in [0.3, 0.4) is 0 Å². The van der Waals surface area contributed by atoms with E-state index < -0.39 is 0 Å². The molecule has 1 aromatic carbocycles. The van der Waals surface area contributed by atoms with Crippen molar-refractivity contribution in [2.45, 2.75) is 33.3 Å². The summed E-state index contributed by atoms with van der Waals surface area (Å²) in [6.07, 6.45) is 2.49. The van der Waals surface area contributed by atoms with Gasteiger partial charge in [0, 0.05) is 0 Å². The van der Waals surface area contributed by atoms with E-state index in [2.05, 4.69) is 11.1 Å². The van der Waals surface area contributed by atoms with Crippen LogP contribution in [-0.2, 0) is 11.2 Å². The van der Waals surface area contributed by atoms with Gasteiger partial charge in [0.1, 0.15) is 5.75 Å². The van der Waals surface area contributed by atoms with Gasteiger partial charge >= 0.3 is 0 Å². The summed E-state index contributed by atoms with van der Waals surface area (Å²) in [5.74, 6) is 0.914. The maximum atomic E-state index is 9.93. The van der Waals surface area contributed by atoms with E-state index in [9.17, 15) is 4.79 Å². The van der Waals surface area contributed by atoms with Gasteiger partial charge in [-0.05, 0) is 44.4 Å². The second-order valence-electron chi connectivity index (χ2n) is 3.99. The van der Waals surface area contributed by atoms with Gasteiger partial charge in [-0.25, -0.2) is 9.79 Å². The lowest BCUT2D eigenvalue weighted by Gasteiger charge is -2.13. The maximum absolute atomic E-state index is 9.93. The predicted octanol–water partition coefficient (Wildman–Crippen LogP) is 2.66. The molecule has 3 heteroatoms.